The van der Waals surface area contributed by atoms with Gasteiger partial charge in [0.15, 0.2) is 6.67 Å². The third-order valence-electron chi connectivity index (χ3n) is 4.52. The summed E-state index contributed by atoms with van der Waals surface area (Å²) in [6, 6.07) is 11.3. The molecule has 1 heterocycles. The van der Waals surface area contributed by atoms with Gasteiger partial charge in [-0.3, -0.25) is 15.0 Å². The Labute approximate surface area is 148 Å². The summed E-state index contributed by atoms with van der Waals surface area (Å²) < 4.78 is 0. The molecule has 0 aromatic heterocycles. The van der Waals surface area contributed by atoms with Gasteiger partial charge < -0.3 is 17.3 Å². The van der Waals surface area contributed by atoms with Gasteiger partial charge in [0, 0.05) is 28.9 Å². The van der Waals surface area contributed by atoms with E-state index in [1.165, 1.54) is 27.3 Å². The number of nitro benzene ring substituents is 1. The van der Waals surface area contributed by atoms with Gasteiger partial charge in [-0.05, 0) is 32.9 Å². The fourth-order valence-electron chi connectivity index (χ4n) is 3.61. The number of rotatable bonds is 3. The van der Waals surface area contributed by atoms with E-state index in [1.807, 2.05) is 12.1 Å². The highest BCUT2D eigenvalue weighted by molar-refractivity contribution is 5.52. The van der Waals surface area contributed by atoms with E-state index in [9.17, 15) is 10.1 Å². The van der Waals surface area contributed by atoms with E-state index in [-0.39, 0.29) is 23.0 Å². The van der Waals surface area contributed by atoms with Gasteiger partial charge in [0.05, 0.1) is 11.5 Å². The van der Waals surface area contributed by atoms with Gasteiger partial charge in [0.2, 0.25) is 0 Å². The van der Waals surface area contributed by atoms with Crippen molar-refractivity contribution in [2.24, 2.45) is 0 Å². The molecule has 6 heteroatoms. The molecule has 1 N–H and O–H groups in total. The first-order valence-electron chi connectivity index (χ1n) is 7.88. The Hall–Kier alpha value is -2.11. The van der Waals surface area contributed by atoms with Gasteiger partial charge >= 0.3 is 0 Å². The van der Waals surface area contributed by atoms with Crippen LogP contribution in [0.15, 0.2) is 36.4 Å². The Kier molecular flexibility index (Phi) is 5.47. The van der Waals surface area contributed by atoms with Gasteiger partial charge in [-0.15, -0.1) is 0 Å². The number of nitro groups is 1. The van der Waals surface area contributed by atoms with Crippen molar-refractivity contribution in [1.29, 1.82) is 0 Å². The van der Waals surface area contributed by atoms with Crippen molar-refractivity contribution in [2.75, 3.05) is 24.7 Å². The third-order valence-corrected chi connectivity index (χ3v) is 4.52. The molecule has 1 unspecified atom stereocenters. The molecule has 0 saturated carbocycles. The fourth-order valence-corrected chi connectivity index (χ4v) is 3.61. The molecule has 1 fully saturated rings. The fraction of sp³-hybridized carbons (Fsp3) is 0.333. The first-order valence-corrected chi connectivity index (χ1v) is 7.88. The molecule has 0 spiro atoms. The van der Waals surface area contributed by atoms with Crippen molar-refractivity contribution in [3.05, 3.63) is 63.2 Å². The molecule has 5 nitrogen and oxygen atoms in total. The van der Waals surface area contributed by atoms with Crippen LogP contribution < -0.4 is 22.2 Å². The number of anilines is 1. The second kappa shape index (κ2) is 7.20. The summed E-state index contributed by atoms with van der Waals surface area (Å²) in [5.74, 6) is 0. The SMILES string of the molecule is Cc1cc(C)c([NH+]2CCN(c3ccc([N+](=O)[O-])cc3)C2)c(C)c1.[Cl-]. The minimum absolute atomic E-state index is 0. The minimum Gasteiger partial charge on any atom is -1.00 e. The van der Waals surface area contributed by atoms with Crippen LogP contribution in [0.4, 0.5) is 17.1 Å². The molecule has 128 valence electrons. The van der Waals surface area contributed by atoms with Crippen LogP contribution in [-0.2, 0) is 0 Å². The summed E-state index contributed by atoms with van der Waals surface area (Å²) in [6.07, 6.45) is 0. The van der Waals surface area contributed by atoms with E-state index in [4.69, 9.17) is 0 Å². The average molecular weight is 348 g/mol. The predicted octanol–water partition coefficient (Wildman–Crippen LogP) is -0.482. The van der Waals surface area contributed by atoms with Gasteiger partial charge in [-0.2, -0.15) is 0 Å². The Balaban J connectivity index is 0.00000208. The lowest BCUT2D eigenvalue weighted by atomic mass is 10.0. The average Bonchev–Trinajstić information content (AvgIpc) is 2.95. The van der Waals surface area contributed by atoms with Crippen molar-refractivity contribution in [3.63, 3.8) is 0 Å². The van der Waals surface area contributed by atoms with Gasteiger partial charge in [0.25, 0.3) is 5.69 Å². The maximum absolute atomic E-state index is 10.8. The first kappa shape index (κ1) is 18.2. The standard InChI is InChI=1S/C18H21N3O2.ClH/c1-13-10-14(2)18(15(3)11-13)20-9-8-19(12-20)16-4-6-17(7-5-16)21(22)23;/h4-7,10-11H,8-9,12H2,1-3H3;1H. The lowest BCUT2D eigenvalue weighted by molar-refractivity contribution is -0.817. The van der Waals surface area contributed by atoms with E-state index in [2.05, 4.69) is 37.8 Å². The molecule has 1 aliphatic rings. The lowest BCUT2D eigenvalue weighted by Gasteiger charge is -2.19. The van der Waals surface area contributed by atoms with Crippen LogP contribution in [0.25, 0.3) is 0 Å². The Morgan fingerprint density at radius 3 is 2.21 bits per heavy atom. The molecule has 0 amide bonds. The van der Waals surface area contributed by atoms with E-state index in [0.29, 0.717) is 0 Å². The van der Waals surface area contributed by atoms with Crippen molar-refractivity contribution in [2.45, 2.75) is 20.8 Å². The van der Waals surface area contributed by atoms with E-state index in [0.717, 1.165) is 25.4 Å². The summed E-state index contributed by atoms with van der Waals surface area (Å²) in [5.41, 5.74) is 6.55. The Morgan fingerprint density at radius 1 is 1.08 bits per heavy atom. The highest BCUT2D eigenvalue weighted by Crippen LogP contribution is 2.22. The maximum atomic E-state index is 10.8. The minimum atomic E-state index is -0.357. The van der Waals surface area contributed by atoms with Crippen LogP contribution in [0.2, 0.25) is 0 Å². The lowest BCUT2D eigenvalue weighted by Crippen LogP contribution is -3.06. The number of benzene rings is 2. The van der Waals surface area contributed by atoms with Gasteiger partial charge in [0.1, 0.15) is 12.2 Å². The molecule has 0 bridgehead atoms. The largest absolute Gasteiger partial charge is 1.00 e. The number of nitrogens with one attached hydrogen (secondary N) is 1. The Bertz CT molecular complexity index is 723. The second-order valence-corrected chi connectivity index (χ2v) is 6.32. The number of nitrogens with zero attached hydrogens (tertiary/aromatic N) is 2. The summed E-state index contributed by atoms with van der Waals surface area (Å²) >= 11 is 0. The summed E-state index contributed by atoms with van der Waals surface area (Å²) in [7, 11) is 0. The molecule has 2 aromatic carbocycles. The summed E-state index contributed by atoms with van der Waals surface area (Å²) in [5, 5.41) is 10.8. The third kappa shape index (κ3) is 3.52. The van der Waals surface area contributed by atoms with Crippen LogP contribution >= 0.6 is 0 Å². The van der Waals surface area contributed by atoms with Crippen LogP contribution in [-0.4, -0.2) is 24.7 Å². The monoisotopic (exact) mass is 347 g/mol. The van der Waals surface area contributed by atoms with Crippen molar-refractivity contribution < 1.29 is 22.2 Å². The molecular formula is C18H22ClN3O2. The molecule has 24 heavy (non-hydrogen) atoms. The zero-order valence-corrected chi connectivity index (χ0v) is 14.9. The smallest absolute Gasteiger partial charge is 0.269 e. The van der Waals surface area contributed by atoms with Gasteiger partial charge in [-0.1, -0.05) is 17.7 Å². The van der Waals surface area contributed by atoms with Crippen molar-refractivity contribution in [3.8, 4) is 0 Å². The molecule has 1 aliphatic heterocycles. The molecule has 1 atom stereocenters. The zero-order chi connectivity index (χ0) is 16.6. The second-order valence-electron chi connectivity index (χ2n) is 6.32. The number of hydrogen-bond donors (Lipinski definition) is 1. The predicted molar refractivity (Wildman–Crippen MR) is 91.5 cm³/mol. The number of halogens is 1. The van der Waals surface area contributed by atoms with Crippen LogP contribution in [0, 0.1) is 30.9 Å². The van der Waals surface area contributed by atoms with Crippen LogP contribution in [0.3, 0.4) is 0 Å². The summed E-state index contributed by atoms with van der Waals surface area (Å²) in [4.78, 5) is 14.2. The topological polar surface area (TPSA) is 50.8 Å². The zero-order valence-electron chi connectivity index (χ0n) is 14.2. The summed E-state index contributed by atoms with van der Waals surface area (Å²) in [6.45, 7) is 9.38. The van der Waals surface area contributed by atoms with Crippen LogP contribution in [0.5, 0.6) is 0 Å². The van der Waals surface area contributed by atoms with E-state index < -0.39 is 0 Å². The number of non-ortho nitro benzene ring substituents is 1. The number of aryl methyl sites for hydroxylation is 3. The van der Waals surface area contributed by atoms with Gasteiger partial charge in [-0.25, -0.2) is 0 Å². The normalized spacial score (nSPS) is 16.8. The molecule has 1 saturated heterocycles. The van der Waals surface area contributed by atoms with Crippen LogP contribution in [0.1, 0.15) is 16.7 Å². The number of hydrogen-bond acceptors (Lipinski definition) is 3. The quantitative estimate of drug-likeness (QED) is 0.602. The Morgan fingerprint density at radius 2 is 1.67 bits per heavy atom. The molecule has 0 radical (unpaired) electrons. The molecular weight excluding hydrogens is 326 g/mol. The van der Waals surface area contributed by atoms with E-state index >= 15 is 0 Å². The number of quaternary nitrogens is 1. The highest BCUT2D eigenvalue weighted by Gasteiger charge is 2.28. The van der Waals surface area contributed by atoms with E-state index in [1.54, 1.807) is 12.1 Å². The first-order chi connectivity index (χ1) is 11.0. The van der Waals surface area contributed by atoms with Crippen molar-refractivity contribution >= 4 is 17.1 Å². The van der Waals surface area contributed by atoms with Crippen molar-refractivity contribution in [1.82, 2.24) is 0 Å². The maximum Gasteiger partial charge on any atom is 0.269 e. The molecule has 2 aromatic rings. The molecule has 3 rings (SSSR count). The highest BCUT2D eigenvalue weighted by atomic mass is 35.5. The molecule has 0 aliphatic carbocycles.